The van der Waals surface area contributed by atoms with E-state index in [9.17, 15) is 4.79 Å². The molecule has 2 rings (SSSR count). The van der Waals surface area contributed by atoms with Crippen LogP contribution in [-0.4, -0.2) is 15.3 Å². The molecule has 0 unspecified atom stereocenters. The molecule has 76 valence electrons. The molecule has 0 bridgehead atoms. The van der Waals surface area contributed by atoms with Gasteiger partial charge in [-0.1, -0.05) is 12.8 Å². The smallest absolute Gasteiger partial charge is 0.137 e. The highest BCUT2D eigenvalue weighted by molar-refractivity contribution is 5.81. The summed E-state index contributed by atoms with van der Waals surface area (Å²) in [5, 5.41) is 0. The Morgan fingerprint density at radius 2 is 2.36 bits per heavy atom. The maximum atomic E-state index is 11.7. The largest absolute Gasteiger partial charge is 0.337 e. The number of rotatable bonds is 2. The molecule has 1 atom stereocenters. The van der Waals surface area contributed by atoms with Crippen LogP contribution in [0.15, 0.2) is 18.7 Å². The fraction of sp³-hybridized carbons (Fsp3) is 0.636. The van der Waals surface area contributed by atoms with E-state index >= 15 is 0 Å². The van der Waals surface area contributed by atoms with Crippen LogP contribution < -0.4 is 0 Å². The standard InChI is InChI=1S/C11H16N2O/c14-11-5-3-1-2-4-10(11)8-13-7-6-12-9-13/h6-7,9-10H,1-5,8H2/t10-/m1/s1. The molecule has 3 nitrogen and oxygen atoms in total. The molecule has 1 aliphatic rings. The summed E-state index contributed by atoms with van der Waals surface area (Å²) in [6, 6.07) is 0. The van der Waals surface area contributed by atoms with E-state index < -0.39 is 0 Å². The summed E-state index contributed by atoms with van der Waals surface area (Å²) in [7, 11) is 0. The second kappa shape index (κ2) is 4.40. The molecule has 0 aromatic carbocycles. The summed E-state index contributed by atoms with van der Waals surface area (Å²) in [6.45, 7) is 0.818. The molecule has 1 heterocycles. The molecule has 0 amide bonds. The highest BCUT2D eigenvalue weighted by Gasteiger charge is 2.20. The average molecular weight is 192 g/mol. The molecular formula is C11H16N2O. The first-order valence-corrected chi connectivity index (χ1v) is 5.35. The molecule has 14 heavy (non-hydrogen) atoms. The van der Waals surface area contributed by atoms with Crippen LogP contribution in [0.5, 0.6) is 0 Å². The number of hydrogen-bond acceptors (Lipinski definition) is 2. The Labute approximate surface area is 84.1 Å². The number of nitrogens with zero attached hydrogens (tertiary/aromatic N) is 2. The minimum Gasteiger partial charge on any atom is -0.337 e. The molecular weight excluding hydrogens is 176 g/mol. The quantitative estimate of drug-likeness (QED) is 0.672. The van der Waals surface area contributed by atoms with Crippen LogP contribution in [0.3, 0.4) is 0 Å². The number of ketones is 1. The van der Waals surface area contributed by atoms with Crippen molar-refractivity contribution >= 4 is 5.78 Å². The third-order valence-electron chi connectivity index (χ3n) is 2.92. The van der Waals surface area contributed by atoms with Gasteiger partial charge in [0.15, 0.2) is 0 Å². The van der Waals surface area contributed by atoms with Gasteiger partial charge < -0.3 is 4.57 Å². The molecule has 1 aromatic heterocycles. The van der Waals surface area contributed by atoms with Gasteiger partial charge in [-0.3, -0.25) is 4.79 Å². The van der Waals surface area contributed by atoms with E-state index in [1.807, 2.05) is 10.8 Å². The monoisotopic (exact) mass is 192 g/mol. The second-order valence-corrected chi connectivity index (χ2v) is 4.02. The van der Waals surface area contributed by atoms with Gasteiger partial charge in [0.05, 0.1) is 6.33 Å². The summed E-state index contributed by atoms with van der Waals surface area (Å²) in [4.78, 5) is 15.7. The van der Waals surface area contributed by atoms with Gasteiger partial charge in [0, 0.05) is 31.3 Å². The highest BCUT2D eigenvalue weighted by atomic mass is 16.1. The normalized spacial score (nSPS) is 23.4. The highest BCUT2D eigenvalue weighted by Crippen LogP contribution is 2.21. The number of carbonyl (C=O) groups is 1. The number of aromatic nitrogens is 2. The van der Waals surface area contributed by atoms with Gasteiger partial charge >= 0.3 is 0 Å². The maximum Gasteiger partial charge on any atom is 0.137 e. The van der Waals surface area contributed by atoms with Crippen molar-refractivity contribution in [1.82, 2.24) is 9.55 Å². The van der Waals surface area contributed by atoms with E-state index in [1.165, 1.54) is 12.8 Å². The van der Waals surface area contributed by atoms with E-state index in [0.717, 1.165) is 25.8 Å². The fourth-order valence-corrected chi connectivity index (χ4v) is 2.07. The van der Waals surface area contributed by atoms with Crippen molar-refractivity contribution in [3.05, 3.63) is 18.7 Å². The van der Waals surface area contributed by atoms with Crippen LogP contribution in [-0.2, 0) is 11.3 Å². The molecule has 0 radical (unpaired) electrons. The van der Waals surface area contributed by atoms with E-state index in [1.54, 1.807) is 12.5 Å². The van der Waals surface area contributed by atoms with Gasteiger partial charge in [0.1, 0.15) is 5.78 Å². The summed E-state index contributed by atoms with van der Waals surface area (Å²) >= 11 is 0. The van der Waals surface area contributed by atoms with Crippen molar-refractivity contribution in [2.75, 3.05) is 0 Å². The lowest BCUT2D eigenvalue weighted by Crippen LogP contribution is -2.18. The predicted molar refractivity (Wildman–Crippen MR) is 53.8 cm³/mol. The zero-order chi connectivity index (χ0) is 9.80. The third kappa shape index (κ3) is 2.22. The Balaban J connectivity index is 1.98. The van der Waals surface area contributed by atoms with Crippen molar-refractivity contribution in [2.45, 2.75) is 38.6 Å². The first-order chi connectivity index (χ1) is 6.86. The lowest BCUT2D eigenvalue weighted by Gasteiger charge is -2.12. The lowest BCUT2D eigenvalue weighted by molar-refractivity contribution is -0.123. The van der Waals surface area contributed by atoms with Gasteiger partial charge in [-0.25, -0.2) is 4.98 Å². The Morgan fingerprint density at radius 1 is 1.43 bits per heavy atom. The van der Waals surface area contributed by atoms with Crippen LogP contribution in [0.25, 0.3) is 0 Å². The molecule has 1 saturated carbocycles. The molecule has 1 fully saturated rings. The van der Waals surface area contributed by atoms with Gasteiger partial charge in [0.2, 0.25) is 0 Å². The van der Waals surface area contributed by atoms with E-state index in [0.29, 0.717) is 5.78 Å². The average Bonchev–Trinajstić information content (AvgIpc) is 2.60. The summed E-state index contributed by atoms with van der Waals surface area (Å²) in [5.74, 6) is 0.669. The minimum absolute atomic E-state index is 0.228. The Kier molecular flexibility index (Phi) is 2.96. The number of hydrogen-bond donors (Lipinski definition) is 0. The van der Waals surface area contributed by atoms with Gasteiger partial charge in [-0.05, 0) is 12.8 Å². The molecule has 3 heteroatoms. The van der Waals surface area contributed by atoms with Gasteiger partial charge in [-0.15, -0.1) is 0 Å². The van der Waals surface area contributed by atoms with Crippen molar-refractivity contribution in [2.24, 2.45) is 5.92 Å². The van der Waals surface area contributed by atoms with Gasteiger partial charge in [0.25, 0.3) is 0 Å². The number of carbonyl (C=O) groups excluding carboxylic acids is 1. The van der Waals surface area contributed by atoms with Crippen molar-refractivity contribution in [3.63, 3.8) is 0 Å². The predicted octanol–water partition coefficient (Wildman–Crippen LogP) is 2.03. The van der Waals surface area contributed by atoms with Crippen molar-refractivity contribution in [1.29, 1.82) is 0 Å². The van der Waals surface area contributed by atoms with Crippen LogP contribution >= 0.6 is 0 Å². The first-order valence-electron chi connectivity index (χ1n) is 5.35. The SMILES string of the molecule is O=C1CCCCC[C@@H]1Cn1ccnc1. The third-order valence-corrected chi connectivity index (χ3v) is 2.92. The minimum atomic E-state index is 0.228. The van der Waals surface area contributed by atoms with Crippen molar-refractivity contribution < 1.29 is 4.79 Å². The molecule has 0 aliphatic heterocycles. The maximum absolute atomic E-state index is 11.7. The molecule has 1 aliphatic carbocycles. The Hall–Kier alpha value is -1.12. The number of Topliss-reactive ketones (excluding diaryl/α,β-unsaturated/α-hetero) is 1. The Morgan fingerprint density at radius 3 is 3.14 bits per heavy atom. The van der Waals surface area contributed by atoms with Gasteiger partial charge in [-0.2, -0.15) is 0 Å². The zero-order valence-electron chi connectivity index (χ0n) is 8.35. The van der Waals surface area contributed by atoms with Crippen LogP contribution in [0, 0.1) is 5.92 Å². The lowest BCUT2D eigenvalue weighted by atomic mass is 9.99. The van der Waals surface area contributed by atoms with E-state index in [2.05, 4.69) is 4.98 Å². The second-order valence-electron chi connectivity index (χ2n) is 4.02. The van der Waals surface area contributed by atoms with E-state index in [-0.39, 0.29) is 5.92 Å². The zero-order valence-corrected chi connectivity index (χ0v) is 8.35. The van der Waals surface area contributed by atoms with Crippen LogP contribution in [0.1, 0.15) is 32.1 Å². The van der Waals surface area contributed by atoms with Crippen LogP contribution in [0.4, 0.5) is 0 Å². The van der Waals surface area contributed by atoms with Crippen molar-refractivity contribution in [3.8, 4) is 0 Å². The molecule has 0 N–H and O–H groups in total. The fourth-order valence-electron chi connectivity index (χ4n) is 2.07. The molecule has 0 spiro atoms. The molecule has 0 saturated heterocycles. The summed E-state index contributed by atoms with van der Waals surface area (Å²) in [5.41, 5.74) is 0. The topological polar surface area (TPSA) is 34.9 Å². The van der Waals surface area contributed by atoms with E-state index in [4.69, 9.17) is 0 Å². The molecule has 1 aromatic rings. The Bertz CT molecular complexity index is 292. The van der Waals surface area contributed by atoms with Crippen LogP contribution in [0.2, 0.25) is 0 Å². The number of imidazole rings is 1. The summed E-state index contributed by atoms with van der Waals surface area (Å²) < 4.78 is 2.01. The summed E-state index contributed by atoms with van der Waals surface area (Å²) in [6.07, 6.45) is 10.8. The first kappa shape index (κ1) is 9.44.